The molecule has 3 N–H and O–H groups in total. The number of aliphatic carboxylic acids is 1. The maximum atomic E-state index is 13.9. The van der Waals surface area contributed by atoms with Crippen LogP contribution in [0, 0.1) is 0 Å². The summed E-state index contributed by atoms with van der Waals surface area (Å²) in [5.41, 5.74) is 4.08. The van der Waals surface area contributed by atoms with Crippen LogP contribution in [0.5, 0.6) is 5.75 Å². The maximum absolute atomic E-state index is 13.9. The van der Waals surface area contributed by atoms with Gasteiger partial charge in [-0.3, -0.25) is 9.59 Å². The van der Waals surface area contributed by atoms with Crippen LogP contribution in [0.25, 0.3) is 22.5 Å². The third-order valence-corrected chi connectivity index (χ3v) is 11.1. The number of rotatable bonds is 18. The maximum Gasteiger partial charge on any atom is 0.326 e. The number of amides is 2. The van der Waals surface area contributed by atoms with Crippen LogP contribution < -0.4 is 15.4 Å². The fraction of sp³-hybridized carbons (Fsp3) is 0.356. The Morgan fingerprint density at radius 2 is 1.44 bits per heavy atom. The molecule has 10 heteroatoms. The lowest BCUT2D eigenvalue weighted by atomic mass is 9.92. The highest BCUT2D eigenvalue weighted by atomic mass is 32.1. The molecule has 288 valence electrons. The molecule has 0 fully saturated rings. The molecule has 55 heavy (non-hydrogen) atoms. The van der Waals surface area contributed by atoms with Gasteiger partial charge >= 0.3 is 5.97 Å². The zero-order valence-corrected chi connectivity index (χ0v) is 33.2. The Morgan fingerprint density at radius 3 is 2.05 bits per heavy atom. The van der Waals surface area contributed by atoms with Gasteiger partial charge in [0.1, 0.15) is 17.8 Å². The molecular formula is C45H52N4O5S. The highest BCUT2D eigenvalue weighted by molar-refractivity contribution is 7.14. The molecule has 1 unspecified atom stereocenters. The van der Waals surface area contributed by atoms with E-state index in [1.807, 2.05) is 84.9 Å². The van der Waals surface area contributed by atoms with Crippen molar-refractivity contribution in [2.45, 2.75) is 96.6 Å². The second kappa shape index (κ2) is 19.3. The Kier molecular flexibility index (Phi) is 14.3. The van der Waals surface area contributed by atoms with Crippen molar-refractivity contribution in [2.24, 2.45) is 0 Å². The molecule has 0 aliphatic rings. The molecule has 2 aromatic heterocycles. The molecule has 5 aromatic rings. The lowest BCUT2D eigenvalue weighted by Crippen LogP contribution is -2.53. The topological polar surface area (TPSA) is 131 Å². The van der Waals surface area contributed by atoms with E-state index >= 15 is 0 Å². The standard InChI is InChI=1S/C45H52N4O5S/c1-6-7-8-9-13-26-54-36-22-20-33(21-23-36)35-28-46-41(47-29-35)34-18-16-31(17-19-34)27-37(48-43(51)38-24-25-39(55-38)45(3,4)5)42(50)49-40(44(52)53)30(2)32-14-11-10-12-15-32/h10-12,14-25,28-30,37,40H,6-9,13,26-27H2,1-5H3,(H,48,51)(H,49,50)(H,52,53)/t30?,37-,40-/m0/s1. The molecule has 3 aromatic carbocycles. The van der Waals surface area contributed by atoms with E-state index in [0.717, 1.165) is 51.5 Å². The quantitative estimate of drug-likeness (QED) is 0.0760. The number of thiophene rings is 1. The van der Waals surface area contributed by atoms with Crippen molar-refractivity contribution >= 4 is 29.1 Å². The van der Waals surface area contributed by atoms with E-state index in [2.05, 4.69) is 48.3 Å². The zero-order chi connectivity index (χ0) is 39.4. The van der Waals surface area contributed by atoms with Crippen LogP contribution in [-0.2, 0) is 21.4 Å². The molecule has 2 heterocycles. The van der Waals surface area contributed by atoms with E-state index in [4.69, 9.17) is 4.74 Å². The number of nitrogens with one attached hydrogen (secondary N) is 2. The molecule has 5 rings (SSSR count). The first-order valence-electron chi connectivity index (χ1n) is 19.1. The minimum atomic E-state index is -1.21. The van der Waals surface area contributed by atoms with Crippen LogP contribution in [0.4, 0.5) is 0 Å². The van der Waals surface area contributed by atoms with E-state index < -0.39 is 35.8 Å². The molecule has 0 aliphatic carbocycles. The van der Waals surface area contributed by atoms with Crippen molar-refractivity contribution in [1.82, 2.24) is 20.6 Å². The van der Waals surface area contributed by atoms with Crippen LogP contribution >= 0.6 is 11.3 Å². The number of carboxylic acids is 1. The van der Waals surface area contributed by atoms with Gasteiger partial charge in [-0.15, -0.1) is 11.3 Å². The summed E-state index contributed by atoms with van der Waals surface area (Å²) in [4.78, 5) is 50.5. The number of hydrogen-bond acceptors (Lipinski definition) is 7. The van der Waals surface area contributed by atoms with Crippen LogP contribution in [0.2, 0.25) is 0 Å². The third-order valence-electron chi connectivity index (χ3n) is 9.59. The van der Waals surface area contributed by atoms with Crippen LogP contribution in [0.15, 0.2) is 103 Å². The molecule has 0 bridgehead atoms. The third kappa shape index (κ3) is 11.6. The summed E-state index contributed by atoms with van der Waals surface area (Å²) in [5, 5.41) is 15.7. The SMILES string of the molecule is CCCCCCCOc1ccc(-c2cnc(-c3ccc(C[C@H](NC(=O)c4ccc(C(C)(C)C)s4)C(=O)N[C@H](C(=O)O)C(C)c4ccccc4)cc3)nc2)cc1. The number of nitrogens with zero attached hydrogens (tertiary/aromatic N) is 2. The van der Waals surface area contributed by atoms with Crippen molar-refractivity contribution in [3.8, 4) is 28.3 Å². The van der Waals surface area contributed by atoms with Gasteiger partial charge in [0.2, 0.25) is 5.91 Å². The molecule has 0 saturated carbocycles. The number of unbranched alkanes of at least 4 members (excludes halogenated alkanes) is 4. The predicted molar refractivity (Wildman–Crippen MR) is 220 cm³/mol. The molecule has 0 aliphatic heterocycles. The Labute approximate surface area is 328 Å². The first kappa shape index (κ1) is 40.8. The summed E-state index contributed by atoms with van der Waals surface area (Å²) < 4.78 is 5.91. The molecule has 0 radical (unpaired) electrons. The van der Waals surface area contributed by atoms with E-state index in [1.165, 1.54) is 37.0 Å². The van der Waals surface area contributed by atoms with Crippen molar-refractivity contribution in [1.29, 1.82) is 0 Å². The van der Waals surface area contributed by atoms with E-state index in [9.17, 15) is 19.5 Å². The average Bonchev–Trinajstić information content (AvgIpc) is 3.71. The van der Waals surface area contributed by atoms with Crippen LogP contribution in [0.3, 0.4) is 0 Å². The first-order chi connectivity index (χ1) is 26.4. The molecule has 2 amide bonds. The lowest BCUT2D eigenvalue weighted by Gasteiger charge is -2.25. The minimum absolute atomic E-state index is 0.137. The highest BCUT2D eigenvalue weighted by Gasteiger charge is 2.32. The molecular weight excluding hydrogens is 709 g/mol. The highest BCUT2D eigenvalue weighted by Crippen LogP contribution is 2.30. The molecule has 0 spiro atoms. The molecule has 3 atom stereocenters. The van der Waals surface area contributed by atoms with Crippen LogP contribution in [-0.4, -0.2) is 51.5 Å². The van der Waals surface area contributed by atoms with Crippen molar-refractivity contribution in [2.75, 3.05) is 6.61 Å². The van der Waals surface area contributed by atoms with Crippen LogP contribution in [0.1, 0.15) is 98.3 Å². The number of hydrogen-bond donors (Lipinski definition) is 3. The monoisotopic (exact) mass is 760 g/mol. The molecule has 9 nitrogen and oxygen atoms in total. The van der Waals surface area contributed by atoms with Gasteiger partial charge in [-0.1, -0.05) is 127 Å². The minimum Gasteiger partial charge on any atom is -0.494 e. The van der Waals surface area contributed by atoms with Gasteiger partial charge in [0.05, 0.1) is 11.5 Å². The van der Waals surface area contributed by atoms with E-state index in [-0.39, 0.29) is 11.8 Å². The van der Waals surface area contributed by atoms with Gasteiger partial charge in [0.15, 0.2) is 5.82 Å². The number of carbonyl (C=O) groups excluding carboxylic acids is 2. The Hall–Kier alpha value is -5.35. The number of carbonyl (C=O) groups is 3. The summed E-state index contributed by atoms with van der Waals surface area (Å²) in [5.74, 6) is -1.25. The van der Waals surface area contributed by atoms with Gasteiger partial charge in [0.25, 0.3) is 5.91 Å². The van der Waals surface area contributed by atoms with Gasteiger partial charge < -0.3 is 20.5 Å². The summed E-state index contributed by atoms with van der Waals surface area (Å²) in [6, 6.07) is 26.1. The number of ether oxygens (including phenoxy) is 1. The fourth-order valence-corrected chi connectivity index (χ4v) is 7.16. The second-order valence-electron chi connectivity index (χ2n) is 14.9. The van der Waals surface area contributed by atoms with Crippen molar-refractivity contribution in [3.05, 3.63) is 124 Å². The predicted octanol–water partition coefficient (Wildman–Crippen LogP) is 9.23. The van der Waals surface area contributed by atoms with E-state index in [1.54, 1.807) is 25.4 Å². The van der Waals surface area contributed by atoms with Crippen molar-refractivity contribution in [3.63, 3.8) is 0 Å². The molecule has 0 saturated heterocycles. The Bertz CT molecular complexity index is 1990. The number of aromatic nitrogens is 2. The van der Waals surface area contributed by atoms with Gasteiger partial charge in [0, 0.05) is 40.7 Å². The fourth-order valence-electron chi connectivity index (χ4n) is 6.20. The first-order valence-corrected chi connectivity index (χ1v) is 19.9. The smallest absolute Gasteiger partial charge is 0.326 e. The summed E-state index contributed by atoms with van der Waals surface area (Å²) in [7, 11) is 0. The summed E-state index contributed by atoms with van der Waals surface area (Å²) in [6.07, 6.45) is 9.71. The number of carboxylic acid groups (broad SMARTS) is 1. The Morgan fingerprint density at radius 1 is 0.782 bits per heavy atom. The summed E-state index contributed by atoms with van der Waals surface area (Å²) >= 11 is 1.38. The average molecular weight is 761 g/mol. The number of benzene rings is 3. The van der Waals surface area contributed by atoms with Crippen molar-refractivity contribution < 1.29 is 24.2 Å². The Balaban J connectivity index is 1.27. The van der Waals surface area contributed by atoms with Gasteiger partial charge in [-0.05, 0) is 52.8 Å². The lowest BCUT2D eigenvalue weighted by molar-refractivity contribution is -0.142. The summed E-state index contributed by atoms with van der Waals surface area (Å²) in [6.45, 7) is 10.9. The largest absolute Gasteiger partial charge is 0.494 e. The second-order valence-corrected chi connectivity index (χ2v) is 16.0. The van der Waals surface area contributed by atoms with Gasteiger partial charge in [-0.2, -0.15) is 0 Å². The zero-order valence-electron chi connectivity index (χ0n) is 32.4. The normalized spacial score (nSPS) is 13.0. The van der Waals surface area contributed by atoms with Gasteiger partial charge in [-0.25, -0.2) is 14.8 Å². The van der Waals surface area contributed by atoms with E-state index in [0.29, 0.717) is 10.7 Å².